The number of anilines is 1. The van der Waals surface area contributed by atoms with Crippen molar-refractivity contribution in [1.29, 1.82) is 0 Å². The van der Waals surface area contributed by atoms with Gasteiger partial charge in [-0.2, -0.15) is 0 Å². The third-order valence-electron chi connectivity index (χ3n) is 7.19. The third-order valence-corrected chi connectivity index (χ3v) is 7.19. The summed E-state index contributed by atoms with van der Waals surface area (Å²) in [4.78, 5) is 40.9. The molecule has 1 heterocycles. The summed E-state index contributed by atoms with van der Waals surface area (Å²) in [7, 11) is 0. The minimum atomic E-state index is -0.531. The van der Waals surface area contributed by atoms with Crippen molar-refractivity contribution in [3.63, 3.8) is 0 Å². The van der Waals surface area contributed by atoms with Crippen molar-refractivity contribution in [2.75, 3.05) is 5.32 Å². The molecular formula is C26H31N3O3. The van der Waals surface area contributed by atoms with Crippen LogP contribution in [0.4, 0.5) is 5.69 Å². The number of hydrogen-bond donors (Lipinski definition) is 2. The van der Waals surface area contributed by atoms with Gasteiger partial charge in [0.05, 0.1) is 11.5 Å². The van der Waals surface area contributed by atoms with Gasteiger partial charge in [-0.05, 0) is 62.1 Å². The Morgan fingerprint density at radius 3 is 2.38 bits per heavy atom. The van der Waals surface area contributed by atoms with Gasteiger partial charge in [0.1, 0.15) is 0 Å². The second-order valence-corrected chi connectivity index (χ2v) is 9.05. The smallest absolute Gasteiger partial charge is 0.254 e. The highest BCUT2D eigenvalue weighted by Crippen LogP contribution is 2.50. The Hall–Kier alpha value is -3.15. The summed E-state index contributed by atoms with van der Waals surface area (Å²) in [6.45, 7) is 4.17. The molecule has 0 unspecified atom stereocenters. The molecule has 0 aromatic heterocycles. The zero-order valence-corrected chi connectivity index (χ0v) is 18.8. The first-order valence-electron chi connectivity index (χ1n) is 11.5. The van der Waals surface area contributed by atoms with Gasteiger partial charge < -0.3 is 16.0 Å². The van der Waals surface area contributed by atoms with E-state index in [1.807, 2.05) is 29.2 Å². The van der Waals surface area contributed by atoms with Gasteiger partial charge in [-0.15, -0.1) is 0 Å². The van der Waals surface area contributed by atoms with Crippen LogP contribution in [-0.2, 0) is 4.79 Å². The molecule has 1 spiro atoms. The molecule has 2 aromatic rings. The van der Waals surface area contributed by atoms with Crippen LogP contribution in [0.1, 0.15) is 84.6 Å². The molecule has 0 saturated heterocycles. The van der Waals surface area contributed by atoms with E-state index in [4.69, 9.17) is 5.73 Å². The molecular weight excluding hydrogens is 402 g/mol. The monoisotopic (exact) mass is 433 g/mol. The Kier molecular flexibility index (Phi) is 6.04. The average Bonchev–Trinajstić information content (AvgIpc) is 2.80. The molecule has 1 saturated carbocycles. The van der Waals surface area contributed by atoms with Gasteiger partial charge >= 0.3 is 0 Å². The molecule has 3 amide bonds. The Morgan fingerprint density at radius 2 is 1.75 bits per heavy atom. The summed E-state index contributed by atoms with van der Waals surface area (Å²) in [6.07, 6.45) is 5.58. The second-order valence-electron chi connectivity index (χ2n) is 9.05. The van der Waals surface area contributed by atoms with Crippen LogP contribution in [-0.4, -0.2) is 34.2 Å². The van der Waals surface area contributed by atoms with Crippen LogP contribution in [0.5, 0.6) is 0 Å². The molecule has 168 valence electrons. The summed E-state index contributed by atoms with van der Waals surface area (Å²) in [5.74, 6) is -1.05. The third kappa shape index (κ3) is 3.68. The number of nitrogens with zero attached hydrogens (tertiary/aromatic N) is 1. The highest BCUT2D eigenvalue weighted by molar-refractivity contribution is 6.05. The lowest BCUT2D eigenvalue weighted by atomic mass is 9.64. The molecule has 1 aliphatic heterocycles. The van der Waals surface area contributed by atoms with Crippen LogP contribution >= 0.6 is 0 Å². The van der Waals surface area contributed by atoms with E-state index < -0.39 is 17.4 Å². The molecule has 2 aliphatic rings. The van der Waals surface area contributed by atoms with Crippen molar-refractivity contribution in [1.82, 2.24) is 4.90 Å². The number of primary amides is 1. The maximum Gasteiger partial charge on any atom is 0.254 e. The van der Waals surface area contributed by atoms with Gasteiger partial charge in [-0.1, -0.05) is 44.4 Å². The lowest BCUT2D eigenvalue weighted by molar-refractivity contribution is -0.122. The Balaban J connectivity index is 1.79. The first kappa shape index (κ1) is 22.1. The molecule has 2 aromatic carbocycles. The molecule has 4 rings (SSSR count). The van der Waals surface area contributed by atoms with Crippen LogP contribution in [0.2, 0.25) is 0 Å². The predicted molar refractivity (Wildman–Crippen MR) is 125 cm³/mol. The van der Waals surface area contributed by atoms with E-state index in [1.165, 1.54) is 0 Å². The van der Waals surface area contributed by atoms with Gasteiger partial charge in [-0.3, -0.25) is 14.4 Å². The van der Waals surface area contributed by atoms with Crippen molar-refractivity contribution < 1.29 is 14.4 Å². The molecule has 2 atom stereocenters. The normalized spacial score (nSPS) is 20.5. The second kappa shape index (κ2) is 8.77. The first-order valence-corrected chi connectivity index (χ1v) is 11.5. The summed E-state index contributed by atoms with van der Waals surface area (Å²) < 4.78 is 0. The Labute approximate surface area is 189 Å². The van der Waals surface area contributed by atoms with E-state index in [2.05, 4.69) is 19.2 Å². The van der Waals surface area contributed by atoms with Crippen LogP contribution in [0.25, 0.3) is 0 Å². The van der Waals surface area contributed by atoms with Gasteiger partial charge in [0.15, 0.2) is 0 Å². The van der Waals surface area contributed by atoms with E-state index in [-0.39, 0.29) is 17.9 Å². The van der Waals surface area contributed by atoms with Crippen molar-refractivity contribution in [2.24, 2.45) is 5.73 Å². The SMILES string of the molecule is CC[C@H](C)N1C(=O)c2ccccc2[C@@H](C(=O)Nc2ccc(C(N)=O)cc2)C12CCCCC2. The summed E-state index contributed by atoms with van der Waals surface area (Å²) in [6, 6.07) is 14.2. The van der Waals surface area contributed by atoms with Crippen LogP contribution in [0.15, 0.2) is 48.5 Å². The van der Waals surface area contributed by atoms with Crippen LogP contribution < -0.4 is 11.1 Å². The molecule has 0 bridgehead atoms. The first-order chi connectivity index (χ1) is 15.4. The summed E-state index contributed by atoms with van der Waals surface area (Å²) in [5.41, 5.74) is 7.23. The fourth-order valence-electron chi connectivity index (χ4n) is 5.54. The number of nitrogens with one attached hydrogen (secondary N) is 1. The van der Waals surface area contributed by atoms with E-state index in [1.54, 1.807) is 24.3 Å². The van der Waals surface area contributed by atoms with E-state index in [0.717, 1.165) is 44.1 Å². The molecule has 1 aliphatic carbocycles. The number of rotatable bonds is 5. The minimum absolute atomic E-state index is 0.0340. The van der Waals surface area contributed by atoms with E-state index in [9.17, 15) is 14.4 Å². The highest BCUT2D eigenvalue weighted by Gasteiger charge is 2.55. The number of fused-ring (bicyclic) bond motifs is 1. The van der Waals surface area contributed by atoms with E-state index in [0.29, 0.717) is 16.8 Å². The van der Waals surface area contributed by atoms with Crippen molar-refractivity contribution in [3.05, 3.63) is 65.2 Å². The molecule has 32 heavy (non-hydrogen) atoms. The average molecular weight is 434 g/mol. The fraction of sp³-hybridized carbons (Fsp3) is 0.423. The maximum atomic E-state index is 13.8. The maximum absolute atomic E-state index is 13.8. The number of carbonyl (C=O) groups excluding carboxylic acids is 3. The lowest BCUT2D eigenvalue weighted by Crippen LogP contribution is -2.64. The zero-order chi connectivity index (χ0) is 22.9. The lowest BCUT2D eigenvalue weighted by Gasteiger charge is -2.55. The quantitative estimate of drug-likeness (QED) is 0.729. The summed E-state index contributed by atoms with van der Waals surface area (Å²) in [5, 5.41) is 3.05. The van der Waals surface area contributed by atoms with Gasteiger partial charge in [-0.25, -0.2) is 0 Å². The Morgan fingerprint density at radius 1 is 1.09 bits per heavy atom. The van der Waals surface area contributed by atoms with E-state index >= 15 is 0 Å². The number of hydrogen-bond acceptors (Lipinski definition) is 3. The van der Waals surface area contributed by atoms with Crippen molar-refractivity contribution in [2.45, 2.75) is 69.9 Å². The minimum Gasteiger partial charge on any atom is -0.366 e. The molecule has 6 heteroatoms. The molecule has 6 nitrogen and oxygen atoms in total. The number of amides is 3. The zero-order valence-electron chi connectivity index (χ0n) is 18.8. The van der Waals surface area contributed by atoms with Gasteiger partial charge in [0.25, 0.3) is 5.91 Å². The Bertz CT molecular complexity index is 1020. The van der Waals surface area contributed by atoms with Gasteiger partial charge in [0.2, 0.25) is 11.8 Å². The van der Waals surface area contributed by atoms with Crippen LogP contribution in [0.3, 0.4) is 0 Å². The summed E-state index contributed by atoms with van der Waals surface area (Å²) >= 11 is 0. The topological polar surface area (TPSA) is 92.5 Å². The number of benzene rings is 2. The largest absolute Gasteiger partial charge is 0.366 e. The molecule has 0 radical (unpaired) electrons. The highest BCUT2D eigenvalue weighted by atomic mass is 16.2. The standard InChI is InChI=1S/C26H31N3O3/c1-3-17(2)29-25(32)21-10-6-5-9-20(21)22(26(29)15-7-4-8-16-26)24(31)28-19-13-11-18(12-14-19)23(27)30/h5-6,9-14,17,22H,3-4,7-8,15-16H2,1-2H3,(H2,27,30)(H,28,31)/t17-,22-/m0/s1. The predicted octanol–water partition coefficient (Wildman–Crippen LogP) is 4.47. The number of carbonyl (C=O) groups is 3. The fourth-order valence-corrected chi connectivity index (χ4v) is 5.54. The number of nitrogens with two attached hydrogens (primary N) is 1. The van der Waals surface area contributed by atoms with Crippen molar-refractivity contribution in [3.8, 4) is 0 Å². The van der Waals surface area contributed by atoms with Crippen molar-refractivity contribution >= 4 is 23.4 Å². The molecule has 1 fully saturated rings. The molecule has 3 N–H and O–H groups in total. The van der Waals surface area contributed by atoms with Crippen LogP contribution in [0, 0.1) is 0 Å². The van der Waals surface area contributed by atoms with Gasteiger partial charge in [0, 0.05) is 22.9 Å².